The first-order valence-electron chi connectivity index (χ1n) is 6.70. The molecule has 2 aromatic rings. The summed E-state index contributed by atoms with van der Waals surface area (Å²) in [4.78, 5) is 11.9. The molecular formula is C15H19N3O3. The van der Waals surface area contributed by atoms with Gasteiger partial charge in [0.25, 0.3) is 5.91 Å². The van der Waals surface area contributed by atoms with E-state index in [2.05, 4.69) is 15.5 Å². The molecule has 1 amide bonds. The molecule has 0 spiro atoms. The maximum atomic E-state index is 11.9. The zero-order valence-corrected chi connectivity index (χ0v) is 12.3. The minimum atomic E-state index is -0.227. The van der Waals surface area contributed by atoms with E-state index in [1.165, 1.54) is 0 Å². The van der Waals surface area contributed by atoms with E-state index >= 15 is 0 Å². The number of carbonyl (C=O) groups excluding carboxylic acids is 1. The minimum Gasteiger partial charge on any atom is -0.493 e. The second-order valence-electron chi connectivity index (χ2n) is 4.73. The average Bonchev–Trinajstić information content (AvgIpc) is 2.92. The number of aryl methyl sites for hydroxylation is 1. The highest BCUT2D eigenvalue weighted by Crippen LogP contribution is 2.26. The van der Waals surface area contributed by atoms with Gasteiger partial charge < -0.3 is 14.8 Å². The number of aromatic nitrogens is 2. The minimum absolute atomic E-state index is 0.190. The molecule has 0 unspecified atom stereocenters. The third-order valence-electron chi connectivity index (χ3n) is 2.89. The number of nitrogens with zero attached hydrogens (tertiary/aromatic N) is 1. The number of ether oxygens (including phenoxy) is 2. The number of amides is 1. The first kappa shape index (κ1) is 14.9. The van der Waals surface area contributed by atoms with Gasteiger partial charge in [-0.1, -0.05) is 12.1 Å². The summed E-state index contributed by atoms with van der Waals surface area (Å²) in [5, 5.41) is 9.42. The van der Waals surface area contributed by atoms with Crippen molar-refractivity contribution < 1.29 is 14.3 Å². The molecule has 0 saturated heterocycles. The van der Waals surface area contributed by atoms with E-state index in [9.17, 15) is 4.79 Å². The highest BCUT2D eigenvalue weighted by molar-refractivity contribution is 5.92. The first-order chi connectivity index (χ1) is 10.1. The first-order valence-corrected chi connectivity index (χ1v) is 6.70. The molecule has 0 aliphatic rings. The summed E-state index contributed by atoms with van der Waals surface area (Å²) >= 11 is 0. The lowest BCUT2D eigenvalue weighted by Gasteiger charge is -2.17. The molecule has 6 nitrogen and oxygen atoms in total. The van der Waals surface area contributed by atoms with Crippen LogP contribution in [0.15, 0.2) is 30.3 Å². The maximum absolute atomic E-state index is 11.9. The van der Waals surface area contributed by atoms with Gasteiger partial charge in [-0.25, -0.2) is 0 Å². The summed E-state index contributed by atoms with van der Waals surface area (Å²) in [7, 11) is 1.59. The predicted octanol–water partition coefficient (Wildman–Crippen LogP) is 1.92. The van der Waals surface area contributed by atoms with E-state index < -0.39 is 0 Å². The summed E-state index contributed by atoms with van der Waals surface area (Å²) in [6.07, 6.45) is -0.190. The highest BCUT2D eigenvalue weighted by atomic mass is 16.5. The standard InChI is InChI=1S/C15H19N3O3/c1-10-8-12(18-17-10)15(19)16-9-11(2)21-14-7-5-4-6-13(14)20-3/h4-8,11H,9H2,1-3H3,(H,16,19)(H,17,18)/t11-/m1/s1. The van der Waals surface area contributed by atoms with E-state index in [4.69, 9.17) is 9.47 Å². The van der Waals surface area contributed by atoms with Crippen molar-refractivity contribution >= 4 is 5.91 Å². The quantitative estimate of drug-likeness (QED) is 0.852. The van der Waals surface area contributed by atoms with Crippen molar-refractivity contribution in [3.05, 3.63) is 41.7 Å². The van der Waals surface area contributed by atoms with Gasteiger partial charge in [0.1, 0.15) is 11.8 Å². The zero-order valence-electron chi connectivity index (χ0n) is 12.3. The molecular weight excluding hydrogens is 270 g/mol. The van der Waals surface area contributed by atoms with E-state index in [1.807, 2.05) is 38.1 Å². The number of benzene rings is 1. The van der Waals surface area contributed by atoms with Crippen LogP contribution in [0.1, 0.15) is 23.1 Å². The number of nitrogens with one attached hydrogen (secondary N) is 2. The van der Waals surface area contributed by atoms with Gasteiger partial charge in [-0.2, -0.15) is 5.10 Å². The molecule has 0 saturated carbocycles. The van der Waals surface area contributed by atoms with Crippen LogP contribution in [0.3, 0.4) is 0 Å². The molecule has 6 heteroatoms. The number of para-hydroxylation sites is 2. The van der Waals surface area contributed by atoms with Crippen LogP contribution in [-0.4, -0.2) is 35.9 Å². The summed E-state index contributed by atoms with van der Waals surface area (Å²) in [6, 6.07) is 9.09. The van der Waals surface area contributed by atoms with Crippen LogP contribution in [0, 0.1) is 6.92 Å². The summed E-state index contributed by atoms with van der Waals surface area (Å²) < 4.78 is 11.0. The monoisotopic (exact) mass is 289 g/mol. The normalized spacial score (nSPS) is 11.8. The predicted molar refractivity (Wildman–Crippen MR) is 78.7 cm³/mol. The zero-order chi connectivity index (χ0) is 15.2. The highest BCUT2D eigenvalue weighted by Gasteiger charge is 2.12. The van der Waals surface area contributed by atoms with Gasteiger partial charge >= 0.3 is 0 Å². The van der Waals surface area contributed by atoms with Gasteiger partial charge in [0.05, 0.1) is 13.7 Å². The maximum Gasteiger partial charge on any atom is 0.271 e. The van der Waals surface area contributed by atoms with Crippen LogP contribution >= 0.6 is 0 Å². The number of methoxy groups -OCH3 is 1. The Hall–Kier alpha value is -2.50. The van der Waals surface area contributed by atoms with Crippen molar-refractivity contribution in [1.82, 2.24) is 15.5 Å². The van der Waals surface area contributed by atoms with Crippen LogP contribution in [0.25, 0.3) is 0 Å². The topological polar surface area (TPSA) is 76.2 Å². The second-order valence-corrected chi connectivity index (χ2v) is 4.73. The fraction of sp³-hybridized carbons (Fsp3) is 0.333. The molecule has 1 aromatic heterocycles. The molecule has 21 heavy (non-hydrogen) atoms. The Labute approximate surface area is 123 Å². The molecule has 0 bridgehead atoms. The van der Waals surface area contributed by atoms with Crippen LogP contribution in [0.2, 0.25) is 0 Å². The number of hydrogen-bond donors (Lipinski definition) is 2. The number of rotatable bonds is 6. The fourth-order valence-electron chi connectivity index (χ4n) is 1.84. The van der Waals surface area contributed by atoms with E-state index in [-0.39, 0.29) is 12.0 Å². The van der Waals surface area contributed by atoms with Crippen LogP contribution in [-0.2, 0) is 0 Å². The van der Waals surface area contributed by atoms with Crippen molar-refractivity contribution in [2.75, 3.05) is 13.7 Å². The number of carbonyl (C=O) groups is 1. The Morgan fingerprint density at radius 1 is 1.38 bits per heavy atom. The Bertz CT molecular complexity index is 610. The fourth-order valence-corrected chi connectivity index (χ4v) is 1.84. The van der Waals surface area contributed by atoms with Crippen molar-refractivity contribution in [3.8, 4) is 11.5 Å². The van der Waals surface area contributed by atoms with Crippen LogP contribution in [0.5, 0.6) is 11.5 Å². The largest absolute Gasteiger partial charge is 0.493 e. The molecule has 1 atom stereocenters. The number of H-pyrrole nitrogens is 1. The van der Waals surface area contributed by atoms with Crippen LogP contribution in [0.4, 0.5) is 0 Å². The molecule has 0 aliphatic heterocycles. The van der Waals surface area contributed by atoms with Gasteiger partial charge in [0.15, 0.2) is 11.5 Å². The number of hydrogen-bond acceptors (Lipinski definition) is 4. The van der Waals surface area contributed by atoms with Gasteiger partial charge in [0.2, 0.25) is 0 Å². The summed E-state index contributed by atoms with van der Waals surface area (Å²) in [5.41, 5.74) is 1.22. The molecule has 0 fully saturated rings. The summed E-state index contributed by atoms with van der Waals surface area (Å²) in [5.74, 6) is 1.09. The molecule has 0 radical (unpaired) electrons. The lowest BCUT2D eigenvalue weighted by molar-refractivity contribution is 0.0926. The third kappa shape index (κ3) is 3.98. The molecule has 2 N–H and O–H groups in total. The lowest BCUT2D eigenvalue weighted by atomic mass is 10.3. The van der Waals surface area contributed by atoms with E-state index in [0.29, 0.717) is 23.7 Å². The van der Waals surface area contributed by atoms with Gasteiger partial charge in [-0.3, -0.25) is 9.89 Å². The van der Waals surface area contributed by atoms with Gasteiger partial charge in [-0.05, 0) is 32.0 Å². The van der Waals surface area contributed by atoms with E-state index in [1.54, 1.807) is 13.2 Å². The van der Waals surface area contributed by atoms with E-state index in [0.717, 1.165) is 5.69 Å². The van der Waals surface area contributed by atoms with Crippen LogP contribution < -0.4 is 14.8 Å². The second kappa shape index (κ2) is 6.78. The molecule has 2 rings (SSSR count). The molecule has 1 aromatic carbocycles. The SMILES string of the molecule is COc1ccccc1O[C@H](C)CNC(=O)c1cc(C)[nH]n1. The van der Waals surface area contributed by atoms with Crippen molar-refractivity contribution in [2.24, 2.45) is 0 Å². The Kier molecular flexibility index (Phi) is 4.81. The van der Waals surface area contributed by atoms with Gasteiger partial charge in [-0.15, -0.1) is 0 Å². The van der Waals surface area contributed by atoms with Crippen molar-refractivity contribution in [2.45, 2.75) is 20.0 Å². The van der Waals surface area contributed by atoms with Crippen molar-refractivity contribution in [3.63, 3.8) is 0 Å². The average molecular weight is 289 g/mol. The third-order valence-corrected chi connectivity index (χ3v) is 2.89. The molecule has 1 heterocycles. The number of aromatic amines is 1. The lowest BCUT2D eigenvalue weighted by Crippen LogP contribution is -2.33. The Morgan fingerprint density at radius 3 is 2.71 bits per heavy atom. The summed E-state index contributed by atoms with van der Waals surface area (Å²) in [6.45, 7) is 4.10. The smallest absolute Gasteiger partial charge is 0.271 e. The Balaban J connectivity index is 1.87. The Morgan fingerprint density at radius 2 is 2.10 bits per heavy atom. The van der Waals surface area contributed by atoms with Gasteiger partial charge in [0, 0.05) is 5.69 Å². The molecule has 0 aliphatic carbocycles. The van der Waals surface area contributed by atoms with Crippen molar-refractivity contribution in [1.29, 1.82) is 0 Å². The molecule has 112 valence electrons.